The molecule has 1 N–H and O–H groups in total. The van der Waals surface area contributed by atoms with E-state index in [4.69, 9.17) is 0 Å². The van der Waals surface area contributed by atoms with Crippen molar-refractivity contribution in [3.8, 4) is 6.19 Å². The first-order chi connectivity index (χ1) is 18.0. The van der Waals surface area contributed by atoms with Crippen molar-refractivity contribution in [2.45, 2.75) is 88.8 Å². The summed E-state index contributed by atoms with van der Waals surface area (Å²) >= 11 is 0. The Bertz CT molecular complexity index is 1160. The normalized spacial score (nSPS) is 20.4. The number of carbonyl (C=O) groups is 2. The molecule has 2 aromatic rings. The van der Waals surface area contributed by atoms with Gasteiger partial charge in [-0.2, -0.15) is 5.26 Å². The molecule has 7 nitrogen and oxygen atoms in total. The summed E-state index contributed by atoms with van der Waals surface area (Å²) in [5, 5.41) is 12.6. The number of halogens is 2. The van der Waals surface area contributed by atoms with Crippen molar-refractivity contribution in [1.29, 1.82) is 5.26 Å². The fourth-order valence-corrected chi connectivity index (χ4v) is 5.25. The molecule has 1 saturated heterocycles. The SMILES string of the molecule is CC(C)(C)c1ccc(N(C(=O)[C@H]2CCCN2C#N)[C@@H](C(=O)NC2CCC(F)(F)CC2)c2cccnc2)cc1. The molecule has 38 heavy (non-hydrogen) atoms. The van der Waals surface area contributed by atoms with Crippen molar-refractivity contribution < 1.29 is 18.4 Å². The van der Waals surface area contributed by atoms with Crippen LogP contribution in [0.3, 0.4) is 0 Å². The van der Waals surface area contributed by atoms with Gasteiger partial charge in [-0.3, -0.25) is 24.4 Å². The molecule has 0 unspecified atom stereocenters. The van der Waals surface area contributed by atoms with Crippen LogP contribution >= 0.6 is 0 Å². The third kappa shape index (κ3) is 6.12. The summed E-state index contributed by atoms with van der Waals surface area (Å²) in [4.78, 5) is 35.1. The van der Waals surface area contributed by atoms with E-state index in [0.29, 0.717) is 30.6 Å². The van der Waals surface area contributed by atoms with E-state index < -0.39 is 30.0 Å². The molecular weight excluding hydrogens is 488 g/mol. The quantitative estimate of drug-likeness (QED) is 0.533. The zero-order chi connectivity index (χ0) is 27.5. The van der Waals surface area contributed by atoms with E-state index in [1.165, 1.54) is 9.80 Å². The Morgan fingerprint density at radius 3 is 2.42 bits per heavy atom. The fourth-order valence-electron chi connectivity index (χ4n) is 5.25. The summed E-state index contributed by atoms with van der Waals surface area (Å²) in [6.45, 7) is 6.75. The molecule has 0 bridgehead atoms. The minimum atomic E-state index is -2.72. The first-order valence-electron chi connectivity index (χ1n) is 13.2. The van der Waals surface area contributed by atoms with Crippen molar-refractivity contribution in [2.24, 2.45) is 0 Å². The average Bonchev–Trinajstić information content (AvgIpc) is 3.37. The largest absolute Gasteiger partial charge is 0.351 e. The van der Waals surface area contributed by atoms with Gasteiger partial charge in [0.1, 0.15) is 12.1 Å². The Morgan fingerprint density at radius 1 is 1.16 bits per heavy atom. The maximum Gasteiger partial charge on any atom is 0.251 e. The van der Waals surface area contributed by atoms with E-state index in [-0.39, 0.29) is 37.0 Å². The topological polar surface area (TPSA) is 89.3 Å². The molecule has 0 radical (unpaired) electrons. The molecule has 0 spiro atoms. The van der Waals surface area contributed by atoms with E-state index in [9.17, 15) is 23.6 Å². The molecule has 1 aromatic heterocycles. The lowest BCUT2D eigenvalue weighted by atomic mass is 9.87. The van der Waals surface area contributed by atoms with Gasteiger partial charge in [-0.1, -0.05) is 39.0 Å². The number of nitrogens with zero attached hydrogens (tertiary/aromatic N) is 4. The number of benzene rings is 1. The number of nitriles is 1. The average molecular weight is 524 g/mol. The van der Waals surface area contributed by atoms with Gasteiger partial charge < -0.3 is 5.32 Å². The van der Waals surface area contributed by atoms with Gasteiger partial charge in [-0.15, -0.1) is 0 Å². The first kappa shape index (κ1) is 27.5. The molecule has 2 aliphatic rings. The predicted octanol–water partition coefficient (Wildman–Crippen LogP) is 5.09. The summed E-state index contributed by atoms with van der Waals surface area (Å²) in [5.74, 6) is -3.53. The minimum absolute atomic E-state index is 0.112. The number of amides is 2. The van der Waals surface area contributed by atoms with Crippen LogP contribution in [0.25, 0.3) is 0 Å². The molecular formula is C29H35F2N5O2. The third-order valence-electron chi connectivity index (χ3n) is 7.49. The van der Waals surface area contributed by atoms with E-state index in [2.05, 4.69) is 37.3 Å². The molecule has 4 rings (SSSR count). The molecule has 9 heteroatoms. The minimum Gasteiger partial charge on any atom is -0.351 e. The van der Waals surface area contributed by atoms with Crippen LogP contribution < -0.4 is 10.2 Å². The van der Waals surface area contributed by atoms with Crippen LogP contribution in [0.1, 0.15) is 76.5 Å². The number of anilines is 1. The highest BCUT2D eigenvalue weighted by Gasteiger charge is 2.42. The summed E-state index contributed by atoms with van der Waals surface area (Å²) in [6, 6.07) is 8.75. The number of hydrogen-bond acceptors (Lipinski definition) is 5. The van der Waals surface area contributed by atoms with Crippen LogP contribution in [-0.4, -0.2) is 46.2 Å². The lowest BCUT2D eigenvalue weighted by Crippen LogP contribution is -2.52. The number of alkyl halides is 2. The van der Waals surface area contributed by atoms with Gasteiger partial charge in [0.2, 0.25) is 11.8 Å². The highest BCUT2D eigenvalue weighted by molar-refractivity contribution is 6.04. The monoisotopic (exact) mass is 523 g/mol. The summed E-state index contributed by atoms with van der Waals surface area (Å²) in [6.07, 6.45) is 6.19. The second-order valence-corrected chi connectivity index (χ2v) is 11.3. The summed E-state index contributed by atoms with van der Waals surface area (Å²) in [7, 11) is 0. The van der Waals surface area contributed by atoms with Crippen LogP contribution in [0.4, 0.5) is 14.5 Å². The van der Waals surface area contributed by atoms with Crippen LogP contribution in [0, 0.1) is 11.5 Å². The predicted molar refractivity (Wildman–Crippen MR) is 140 cm³/mol. The number of rotatable bonds is 6. The maximum absolute atomic E-state index is 14.1. The lowest BCUT2D eigenvalue weighted by Gasteiger charge is -2.36. The first-order valence-corrected chi connectivity index (χ1v) is 13.2. The number of likely N-dealkylation sites (tertiary alicyclic amines) is 1. The number of hydrogen-bond donors (Lipinski definition) is 1. The fraction of sp³-hybridized carbons (Fsp3) is 0.517. The summed E-state index contributed by atoms with van der Waals surface area (Å²) < 4.78 is 27.5. The van der Waals surface area contributed by atoms with Gasteiger partial charge in [0.15, 0.2) is 6.19 Å². The van der Waals surface area contributed by atoms with Gasteiger partial charge >= 0.3 is 0 Å². The molecule has 202 valence electrons. The maximum atomic E-state index is 14.1. The van der Waals surface area contributed by atoms with E-state index in [1.54, 1.807) is 24.5 Å². The number of aromatic nitrogens is 1. The second-order valence-electron chi connectivity index (χ2n) is 11.3. The van der Waals surface area contributed by atoms with Crippen LogP contribution in [-0.2, 0) is 15.0 Å². The van der Waals surface area contributed by atoms with Gasteiger partial charge in [0.25, 0.3) is 5.91 Å². The van der Waals surface area contributed by atoms with Crippen molar-refractivity contribution in [3.05, 3.63) is 59.9 Å². The van der Waals surface area contributed by atoms with Crippen molar-refractivity contribution >= 4 is 17.5 Å². The third-order valence-corrected chi connectivity index (χ3v) is 7.49. The van der Waals surface area contributed by atoms with Crippen LogP contribution in [0.5, 0.6) is 0 Å². The number of carbonyl (C=O) groups excluding carboxylic acids is 2. The smallest absolute Gasteiger partial charge is 0.251 e. The van der Waals surface area contributed by atoms with Crippen LogP contribution in [0.15, 0.2) is 48.8 Å². The molecule has 1 aliphatic carbocycles. The summed E-state index contributed by atoms with van der Waals surface area (Å²) in [5.41, 5.74) is 1.98. The lowest BCUT2D eigenvalue weighted by molar-refractivity contribution is -0.129. The molecule has 1 aliphatic heterocycles. The molecule has 2 fully saturated rings. The van der Waals surface area contributed by atoms with Crippen molar-refractivity contribution in [2.75, 3.05) is 11.4 Å². The van der Waals surface area contributed by atoms with Crippen molar-refractivity contribution in [3.63, 3.8) is 0 Å². The molecule has 1 aromatic carbocycles. The standard InChI is InChI=1S/C29H35F2N5O2/c1-28(2,3)21-8-10-23(11-9-21)36(27(38)24-7-5-17-35(24)19-32)25(20-6-4-16-33-18-20)26(37)34-22-12-14-29(30,31)15-13-22/h4,6,8-11,16,18,22,24-25H,5,7,12-15,17H2,1-3H3,(H,34,37)/t24-,25-/m1/s1. The zero-order valence-electron chi connectivity index (χ0n) is 22.2. The molecule has 2 amide bonds. The van der Waals surface area contributed by atoms with Gasteiger partial charge in [0.05, 0.1) is 0 Å². The van der Waals surface area contributed by atoms with Gasteiger partial charge in [-0.25, -0.2) is 8.78 Å². The Balaban J connectivity index is 1.74. The molecule has 1 saturated carbocycles. The molecule has 2 atom stereocenters. The van der Waals surface area contributed by atoms with Gasteiger partial charge in [-0.05, 0) is 54.9 Å². The van der Waals surface area contributed by atoms with Gasteiger partial charge in [0, 0.05) is 49.1 Å². The van der Waals surface area contributed by atoms with Crippen LogP contribution in [0.2, 0.25) is 0 Å². The van der Waals surface area contributed by atoms with Crippen molar-refractivity contribution in [1.82, 2.24) is 15.2 Å². The zero-order valence-corrected chi connectivity index (χ0v) is 22.2. The Hall–Kier alpha value is -3.54. The number of nitrogens with one attached hydrogen (secondary N) is 1. The Kier molecular flexibility index (Phi) is 8.00. The second kappa shape index (κ2) is 11.1. The highest BCUT2D eigenvalue weighted by atomic mass is 19.3. The van der Waals surface area contributed by atoms with E-state index in [1.807, 2.05) is 24.3 Å². The highest BCUT2D eigenvalue weighted by Crippen LogP contribution is 2.35. The van der Waals surface area contributed by atoms with E-state index in [0.717, 1.165) is 5.56 Å². The Morgan fingerprint density at radius 2 is 1.84 bits per heavy atom. The Labute approximate surface area is 222 Å². The van der Waals surface area contributed by atoms with E-state index >= 15 is 0 Å². The molecule has 2 heterocycles. The number of pyridine rings is 1.